The van der Waals surface area contributed by atoms with Crippen molar-refractivity contribution in [1.82, 2.24) is 5.12 Å². The summed E-state index contributed by atoms with van der Waals surface area (Å²) in [7, 11) is 0. The van der Waals surface area contributed by atoms with Gasteiger partial charge in [0.05, 0.1) is 0 Å². The van der Waals surface area contributed by atoms with Crippen molar-refractivity contribution in [2.75, 3.05) is 6.54 Å². The van der Waals surface area contributed by atoms with Crippen molar-refractivity contribution in [1.29, 1.82) is 0 Å². The molecule has 3 aliphatic carbocycles. The first-order valence-corrected chi connectivity index (χ1v) is 11.3. The molecule has 2 saturated carbocycles. The number of nitrogens with zero attached hydrogens (tertiary/aromatic N) is 2. The Labute approximate surface area is 170 Å². The third kappa shape index (κ3) is 3.40. The number of fused-ring (bicyclic) bond motifs is 3. The summed E-state index contributed by atoms with van der Waals surface area (Å²) in [5, 5.41) is 4.99. The van der Waals surface area contributed by atoms with E-state index in [0.717, 1.165) is 25.1 Å². The Balaban J connectivity index is 1.86. The molecule has 0 bridgehead atoms. The number of Topliss-reactive ketones (excluding diaryl/α,β-unsaturated/α-hetero) is 1. The van der Waals surface area contributed by atoms with Crippen molar-refractivity contribution in [3.8, 4) is 0 Å². The molecule has 0 amide bonds. The smallest absolute Gasteiger partial charge is 0.159 e. The molecule has 0 spiro atoms. The van der Waals surface area contributed by atoms with Crippen LogP contribution in [0.1, 0.15) is 79.1 Å². The summed E-state index contributed by atoms with van der Waals surface area (Å²) in [5.41, 5.74) is 7.44. The van der Waals surface area contributed by atoms with Gasteiger partial charge in [-0.3, -0.25) is 4.79 Å². The molecule has 0 aromatic carbocycles. The highest BCUT2D eigenvalue weighted by atomic mass is 16.1. The van der Waals surface area contributed by atoms with Crippen LogP contribution in [0.4, 0.5) is 0 Å². The molecule has 0 aromatic rings. The fraction of sp³-hybridized carbons (Fsp3) is 0.826. The lowest BCUT2D eigenvalue weighted by atomic mass is 9.50. The molecule has 0 radical (unpaired) electrons. The normalized spacial score (nSPS) is 40.1. The number of carbonyl (C=O) groups is 1. The first-order chi connectivity index (χ1) is 13.3. The molecule has 158 valence electrons. The monoisotopic (exact) mass is 388 g/mol. The molecule has 5 heteroatoms. The molecule has 4 N–H and O–H groups in total. The van der Waals surface area contributed by atoms with Crippen LogP contribution in [0.5, 0.6) is 0 Å². The summed E-state index contributed by atoms with van der Waals surface area (Å²) in [6, 6.07) is 0. The summed E-state index contributed by atoms with van der Waals surface area (Å²) in [4.78, 5) is 13.0. The minimum Gasteiger partial charge on any atom is -0.388 e. The number of rotatable bonds is 7. The van der Waals surface area contributed by atoms with Crippen molar-refractivity contribution in [2.24, 2.45) is 51.2 Å². The predicted molar refractivity (Wildman–Crippen MR) is 115 cm³/mol. The number of allylic oxidation sites excluding steroid dienone is 2. The first kappa shape index (κ1) is 21.4. The molecular formula is C23H40N4O. The maximum atomic E-state index is 13.0. The number of nitrogens with two attached hydrogens (primary N) is 2. The van der Waals surface area contributed by atoms with E-state index in [4.69, 9.17) is 11.6 Å². The van der Waals surface area contributed by atoms with Crippen molar-refractivity contribution in [2.45, 2.75) is 79.1 Å². The molecule has 6 atom stereocenters. The van der Waals surface area contributed by atoms with Gasteiger partial charge < -0.3 is 5.73 Å². The molecule has 2 fully saturated rings. The van der Waals surface area contributed by atoms with Gasteiger partial charge in [0, 0.05) is 5.92 Å². The molecule has 3 aliphatic rings. The third-order valence-corrected chi connectivity index (χ3v) is 8.63. The highest BCUT2D eigenvalue weighted by Crippen LogP contribution is 2.64. The molecule has 0 aromatic heterocycles. The van der Waals surface area contributed by atoms with Crippen molar-refractivity contribution in [3.05, 3.63) is 11.6 Å². The second-order valence-corrected chi connectivity index (χ2v) is 9.89. The first-order valence-electron chi connectivity index (χ1n) is 11.3. The third-order valence-electron chi connectivity index (χ3n) is 8.63. The Hall–Kier alpha value is -1.36. The number of hydrazone groups is 1. The summed E-state index contributed by atoms with van der Waals surface area (Å²) in [6.07, 6.45) is 13.3. The zero-order chi connectivity index (χ0) is 20.5. The van der Waals surface area contributed by atoms with E-state index < -0.39 is 0 Å². The highest BCUT2D eigenvalue weighted by molar-refractivity contribution is 5.84. The SMILES string of the molecule is CCCC1(C)C2=CCC3(C)C(C(=O)CN(N)/N=C\N)CCC3C2CCC1CC. The Bertz CT molecular complexity index is 645. The lowest BCUT2D eigenvalue weighted by Crippen LogP contribution is -2.47. The second-order valence-electron chi connectivity index (χ2n) is 9.89. The van der Waals surface area contributed by atoms with E-state index in [-0.39, 0.29) is 23.7 Å². The zero-order valence-corrected chi connectivity index (χ0v) is 18.3. The molecular weight excluding hydrogens is 348 g/mol. The molecule has 6 unspecified atom stereocenters. The standard InChI is InChI=1S/C23H40N4O/c1-5-12-22(3)16(6-2)7-8-17-18-9-10-20(21(28)14-27(25)26-15-24)23(18,4)13-11-19(17)22/h11,15-18,20H,5-10,12-14,25H2,1-4H3,(H2,24,26). The number of carbonyl (C=O) groups excluding carboxylic acids is 1. The van der Waals surface area contributed by atoms with Gasteiger partial charge in [-0.25, -0.2) is 11.0 Å². The Morgan fingerprint density at radius 3 is 2.68 bits per heavy atom. The van der Waals surface area contributed by atoms with Crippen molar-refractivity contribution >= 4 is 12.1 Å². The summed E-state index contributed by atoms with van der Waals surface area (Å²) < 4.78 is 0. The number of hydrogen-bond acceptors (Lipinski definition) is 4. The van der Waals surface area contributed by atoms with E-state index in [1.165, 1.54) is 43.6 Å². The zero-order valence-electron chi connectivity index (χ0n) is 18.3. The van der Waals surface area contributed by atoms with Gasteiger partial charge in [-0.05, 0) is 67.1 Å². The van der Waals surface area contributed by atoms with Crippen LogP contribution in [-0.2, 0) is 4.79 Å². The average Bonchev–Trinajstić information content (AvgIpc) is 2.99. The van der Waals surface area contributed by atoms with E-state index in [1.54, 1.807) is 5.57 Å². The molecule has 3 rings (SSSR count). The number of ketones is 1. The van der Waals surface area contributed by atoms with Gasteiger partial charge in [-0.15, -0.1) is 0 Å². The number of hydrogen-bond donors (Lipinski definition) is 2. The van der Waals surface area contributed by atoms with E-state index >= 15 is 0 Å². The Kier molecular flexibility index (Phi) is 6.23. The van der Waals surface area contributed by atoms with Gasteiger partial charge in [0.25, 0.3) is 0 Å². The summed E-state index contributed by atoms with van der Waals surface area (Å²) >= 11 is 0. The fourth-order valence-corrected chi connectivity index (χ4v) is 7.31. The van der Waals surface area contributed by atoms with Gasteiger partial charge in [-0.2, -0.15) is 5.10 Å². The van der Waals surface area contributed by atoms with Crippen molar-refractivity contribution in [3.63, 3.8) is 0 Å². The van der Waals surface area contributed by atoms with E-state index in [1.807, 2.05) is 0 Å². The molecule has 5 nitrogen and oxygen atoms in total. The lowest BCUT2D eigenvalue weighted by Gasteiger charge is -2.54. The molecule has 0 saturated heterocycles. The second kappa shape index (κ2) is 8.17. The quantitative estimate of drug-likeness (QED) is 0.225. The average molecular weight is 389 g/mol. The Morgan fingerprint density at radius 2 is 2.04 bits per heavy atom. The van der Waals surface area contributed by atoms with Crippen LogP contribution in [0.3, 0.4) is 0 Å². The maximum absolute atomic E-state index is 13.0. The van der Waals surface area contributed by atoms with Crippen LogP contribution in [0.2, 0.25) is 0 Å². The van der Waals surface area contributed by atoms with Crippen molar-refractivity contribution < 1.29 is 4.79 Å². The topological polar surface area (TPSA) is 84.7 Å². The molecule has 28 heavy (non-hydrogen) atoms. The summed E-state index contributed by atoms with van der Waals surface area (Å²) in [6.45, 7) is 9.71. The summed E-state index contributed by atoms with van der Waals surface area (Å²) in [5.74, 6) is 8.18. The van der Waals surface area contributed by atoms with E-state index in [0.29, 0.717) is 17.3 Å². The largest absolute Gasteiger partial charge is 0.388 e. The Morgan fingerprint density at radius 1 is 1.29 bits per heavy atom. The van der Waals surface area contributed by atoms with E-state index in [9.17, 15) is 4.79 Å². The maximum Gasteiger partial charge on any atom is 0.159 e. The van der Waals surface area contributed by atoms with Crippen LogP contribution in [0.25, 0.3) is 0 Å². The van der Waals surface area contributed by atoms with Crippen LogP contribution < -0.4 is 11.6 Å². The van der Waals surface area contributed by atoms with Crippen LogP contribution >= 0.6 is 0 Å². The van der Waals surface area contributed by atoms with Crippen LogP contribution in [0, 0.1) is 34.5 Å². The molecule has 0 aliphatic heterocycles. The van der Waals surface area contributed by atoms with E-state index in [2.05, 4.69) is 38.9 Å². The van der Waals surface area contributed by atoms with Gasteiger partial charge in [-0.1, -0.05) is 52.2 Å². The predicted octanol–water partition coefficient (Wildman–Crippen LogP) is 4.24. The number of hydrazine groups is 1. The minimum absolute atomic E-state index is 0.0602. The van der Waals surface area contributed by atoms with Crippen LogP contribution in [-0.4, -0.2) is 23.8 Å². The minimum atomic E-state index is 0.0602. The fourth-order valence-electron chi connectivity index (χ4n) is 7.31. The van der Waals surface area contributed by atoms with Crippen LogP contribution in [0.15, 0.2) is 16.8 Å². The molecule has 0 heterocycles. The van der Waals surface area contributed by atoms with Gasteiger partial charge in [0.1, 0.15) is 12.9 Å². The van der Waals surface area contributed by atoms with Gasteiger partial charge in [0.15, 0.2) is 5.78 Å². The van der Waals surface area contributed by atoms with Gasteiger partial charge in [0.2, 0.25) is 0 Å². The lowest BCUT2D eigenvalue weighted by molar-refractivity contribution is -0.128. The van der Waals surface area contributed by atoms with Gasteiger partial charge >= 0.3 is 0 Å². The highest BCUT2D eigenvalue weighted by Gasteiger charge is 2.57.